The first kappa shape index (κ1) is 21.7. The third-order valence-electron chi connectivity index (χ3n) is 6.10. The van der Waals surface area contributed by atoms with Crippen molar-refractivity contribution >= 4 is 23.4 Å². The van der Waals surface area contributed by atoms with E-state index in [2.05, 4.69) is 15.0 Å². The summed E-state index contributed by atoms with van der Waals surface area (Å²) < 4.78 is 10.7. The summed E-state index contributed by atoms with van der Waals surface area (Å²) in [5.41, 5.74) is 0.844. The molecule has 172 valence electrons. The lowest BCUT2D eigenvalue weighted by atomic mass is 10.1. The van der Waals surface area contributed by atoms with Crippen LogP contribution in [0.4, 0.5) is 0 Å². The summed E-state index contributed by atoms with van der Waals surface area (Å²) in [7, 11) is 0. The monoisotopic (exact) mass is 469 g/mol. The van der Waals surface area contributed by atoms with Gasteiger partial charge in [0.1, 0.15) is 5.76 Å². The van der Waals surface area contributed by atoms with Gasteiger partial charge in [0.25, 0.3) is 0 Å². The topological polar surface area (TPSA) is 95.9 Å². The molecule has 5 rings (SSSR count). The molecule has 3 aromatic rings. The van der Waals surface area contributed by atoms with Crippen LogP contribution in [0.25, 0.3) is 11.4 Å². The molecule has 2 aliphatic heterocycles. The third kappa shape index (κ3) is 4.94. The number of carbonyl (C=O) groups is 2. The van der Waals surface area contributed by atoms with Crippen molar-refractivity contribution in [1.29, 1.82) is 0 Å². The highest BCUT2D eigenvalue weighted by molar-refractivity contribution is 6.30. The van der Waals surface area contributed by atoms with Crippen LogP contribution in [0.1, 0.15) is 18.1 Å². The van der Waals surface area contributed by atoms with Crippen LogP contribution in [-0.4, -0.2) is 69.4 Å². The van der Waals surface area contributed by atoms with Crippen LogP contribution in [0.3, 0.4) is 0 Å². The van der Waals surface area contributed by atoms with Gasteiger partial charge in [-0.15, -0.1) is 0 Å². The van der Waals surface area contributed by atoms with Gasteiger partial charge in [0.2, 0.25) is 23.5 Å². The predicted octanol–water partition coefficient (Wildman–Crippen LogP) is 2.68. The molecule has 2 aliphatic rings. The van der Waals surface area contributed by atoms with Crippen LogP contribution in [-0.2, 0) is 22.7 Å². The van der Waals surface area contributed by atoms with E-state index in [1.54, 1.807) is 29.4 Å². The number of halogens is 1. The van der Waals surface area contributed by atoms with Gasteiger partial charge >= 0.3 is 0 Å². The first-order valence-corrected chi connectivity index (χ1v) is 11.3. The molecule has 1 atom stereocenters. The van der Waals surface area contributed by atoms with Crippen LogP contribution in [0, 0.1) is 5.92 Å². The maximum atomic E-state index is 13.0. The quantitative estimate of drug-likeness (QED) is 0.547. The Bertz CT molecular complexity index is 1110. The molecule has 0 spiro atoms. The van der Waals surface area contributed by atoms with Crippen LogP contribution < -0.4 is 0 Å². The third-order valence-corrected chi connectivity index (χ3v) is 6.36. The average molecular weight is 470 g/mol. The second-order valence-corrected chi connectivity index (χ2v) is 8.81. The Morgan fingerprint density at radius 3 is 2.61 bits per heavy atom. The largest absolute Gasteiger partial charge is 0.467 e. The van der Waals surface area contributed by atoms with E-state index in [4.69, 9.17) is 20.5 Å². The molecular formula is C23H24ClN5O4. The summed E-state index contributed by atoms with van der Waals surface area (Å²) in [6, 6.07) is 10.9. The van der Waals surface area contributed by atoms with Gasteiger partial charge in [-0.3, -0.25) is 14.5 Å². The molecular weight excluding hydrogens is 446 g/mol. The number of benzene rings is 1. The second kappa shape index (κ2) is 9.36. The fourth-order valence-corrected chi connectivity index (χ4v) is 4.42. The molecule has 0 bridgehead atoms. The molecule has 33 heavy (non-hydrogen) atoms. The zero-order valence-corrected chi connectivity index (χ0v) is 18.8. The maximum Gasteiger partial charge on any atom is 0.241 e. The lowest BCUT2D eigenvalue weighted by Crippen LogP contribution is -2.50. The SMILES string of the molecule is O=C1CC(C(=O)N2CCN(Cc3nc(-c4ccc(Cl)cc4)no3)CC2)CN1Cc1ccco1. The highest BCUT2D eigenvalue weighted by Crippen LogP contribution is 2.24. The minimum atomic E-state index is -0.295. The number of likely N-dealkylation sites (tertiary alicyclic amines) is 1. The Hall–Kier alpha value is -3.17. The van der Waals surface area contributed by atoms with Gasteiger partial charge in [0, 0.05) is 49.7 Å². The highest BCUT2D eigenvalue weighted by Gasteiger charge is 2.37. The number of nitrogens with zero attached hydrogens (tertiary/aromatic N) is 5. The molecule has 0 saturated carbocycles. The summed E-state index contributed by atoms with van der Waals surface area (Å²) in [5.74, 6) is 1.54. The van der Waals surface area contributed by atoms with E-state index < -0.39 is 0 Å². The Labute approximate surface area is 195 Å². The number of amides is 2. The summed E-state index contributed by atoms with van der Waals surface area (Å²) in [4.78, 5) is 35.6. The van der Waals surface area contributed by atoms with Crippen molar-refractivity contribution in [1.82, 2.24) is 24.8 Å². The summed E-state index contributed by atoms with van der Waals surface area (Å²) >= 11 is 5.93. The number of furan rings is 1. The molecule has 2 aromatic heterocycles. The zero-order chi connectivity index (χ0) is 22.8. The van der Waals surface area contributed by atoms with Crippen LogP contribution >= 0.6 is 11.6 Å². The number of hydrogen-bond acceptors (Lipinski definition) is 7. The van der Waals surface area contributed by atoms with Crippen LogP contribution in [0.15, 0.2) is 51.6 Å². The molecule has 1 unspecified atom stereocenters. The minimum absolute atomic E-state index is 0.00345. The van der Waals surface area contributed by atoms with E-state index in [0.717, 1.165) is 11.3 Å². The molecule has 2 amide bonds. The van der Waals surface area contributed by atoms with Crippen molar-refractivity contribution in [2.75, 3.05) is 32.7 Å². The molecule has 2 fully saturated rings. The molecule has 0 N–H and O–H groups in total. The van der Waals surface area contributed by atoms with Gasteiger partial charge in [-0.2, -0.15) is 4.98 Å². The lowest BCUT2D eigenvalue weighted by molar-refractivity contribution is -0.137. The normalized spacial score (nSPS) is 19.4. The van der Waals surface area contributed by atoms with Crippen molar-refractivity contribution < 1.29 is 18.5 Å². The minimum Gasteiger partial charge on any atom is -0.467 e. The molecule has 2 saturated heterocycles. The number of rotatable bonds is 6. The van der Waals surface area contributed by atoms with E-state index in [1.165, 1.54) is 0 Å². The Morgan fingerprint density at radius 1 is 1.09 bits per heavy atom. The smallest absolute Gasteiger partial charge is 0.241 e. The number of hydrogen-bond donors (Lipinski definition) is 0. The summed E-state index contributed by atoms with van der Waals surface area (Å²) in [5, 5.41) is 4.71. The molecule has 0 radical (unpaired) electrons. The van der Waals surface area contributed by atoms with Crippen molar-refractivity contribution in [3.63, 3.8) is 0 Å². The molecule has 1 aromatic carbocycles. The molecule has 4 heterocycles. The number of piperazine rings is 1. The van der Waals surface area contributed by atoms with Crippen molar-refractivity contribution in [2.24, 2.45) is 5.92 Å². The van der Waals surface area contributed by atoms with Crippen molar-refractivity contribution in [3.05, 3.63) is 59.3 Å². The summed E-state index contributed by atoms with van der Waals surface area (Å²) in [6.45, 7) is 4.02. The molecule has 0 aliphatic carbocycles. The molecule has 9 nitrogen and oxygen atoms in total. The van der Waals surface area contributed by atoms with Gasteiger partial charge in [0.05, 0.1) is 25.3 Å². The summed E-state index contributed by atoms with van der Waals surface area (Å²) in [6.07, 6.45) is 1.85. The Balaban J connectivity index is 1.11. The Kier molecular flexibility index (Phi) is 6.15. The first-order chi connectivity index (χ1) is 16.0. The van der Waals surface area contributed by atoms with E-state index in [-0.39, 0.29) is 24.2 Å². The van der Waals surface area contributed by atoms with Gasteiger partial charge in [-0.1, -0.05) is 16.8 Å². The standard InChI is InChI=1S/C23H24ClN5O4/c24-18-5-3-16(4-6-18)22-25-20(33-26-22)15-27-7-9-28(10-8-27)23(31)17-12-21(30)29(13-17)14-19-2-1-11-32-19/h1-6,11,17H,7-10,12-15H2. The van der Waals surface area contributed by atoms with Gasteiger partial charge in [-0.05, 0) is 36.4 Å². The van der Waals surface area contributed by atoms with Crippen LogP contribution in [0.5, 0.6) is 0 Å². The van der Waals surface area contributed by atoms with Gasteiger partial charge < -0.3 is 18.7 Å². The lowest BCUT2D eigenvalue weighted by Gasteiger charge is -2.35. The highest BCUT2D eigenvalue weighted by atomic mass is 35.5. The van der Waals surface area contributed by atoms with E-state index in [1.807, 2.05) is 23.1 Å². The van der Waals surface area contributed by atoms with Gasteiger partial charge in [-0.25, -0.2) is 0 Å². The average Bonchev–Trinajstić information content (AvgIpc) is 3.57. The fraction of sp³-hybridized carbons (Fsp3) is 0.391. The van der Waals surface area contributed by atoms with Gasteiger partial charge in [0.15, 0.2) is 0 Å². The molecule has 10 heteroatoms. The maximum absolute atomic E-state index is 13.0. The van der Waals surface area contributed by atoms with Crippen LogP contribution in [0.2, 0.25) is 5.02 Å². The number of aromatic nitrogens is 2. The van der Waals surface area contributed by atoms with E-state index in [9.17, 15) is 9.59 Å². The number of carbonyl (C=O) groups excluding carboxylic acids is 2. The van der Waals surface area contributed by atoms with E-state index >= 15 is 0 Å². The second-order valence-electron chi connectivity index (χ2n) is 8.37. The zero-order valence-electron chi connectivity index (χ0n) is 18.0. The fourth-order valence-electron chi connectivity index (χ4n) is 4.29. The first-order valence-electron chi connectivity index (χ1n) is 10.9. The van der Waals surface area contributed by atoms with E-state index in [0.29, 0.717) is 62.6 Å². The van der Waals surface area contributed by atoms with Crippen molar-refractivity contribution in [2.45, 2.75) is 19.5 Å². The van der Waals surface area contributed by atoms with Crippen molar-refractivity contribution in [3.8, 4) is 11.4 Å². The predicted molar refractivity (Wildman–Crippen MR) is 119 cm³/mol. The Morgan fingerprint density at radius 2 is 1.88 bits per heavy atom.